The fourth-order valence-corrected chi connectivity index (χ4v) is 3.85. The van der Waals surface area contributed by atoms with Crippen molar-refractivity contribution >= 4 is 11.8 Å². The fourth-order valence-electron chi connectivity index (χ4n) is 2.74. The number of pyridine rings is 1. The van der Waals surface area contributed by atoms with Crippen molar-refractivity contribution in [2.45, 2.75) is 44.1 Å². The molecule has 1 atom stereocenters. The van der Waals surface area contributed by atoms with E-state index >= 15 is 0 Å². The first kappa shape index (κ1) is 19.4. The van der Waals surface area contributed by atoms with Crippen LogP contribution in [0.4, 0.5) is 13.2 Å². The van der Waals surface area contributed by atoms with Gasteiger partial charge in [0.2, 0.25) is 0 Å². The van der Waals surface area contributed by atoms with E-state index in [-0.39, 0.29) is 27.6 Å². The Bertz CT molecular complexity index is 969. The zero-order valence-corrected chi connectivity index (χ0v) is 15.8. The van der Waals surface area contributed by atoms with E-state index < -0.39 is 24.2 Å². The van der Waals surface area contributed by atoms with Crippen LogP contribution >= 0.6 is 11.8 Å². The number of nitriles is 1. The molecule has 1 unspecified atom stereocenters. The molecule has 0 saturated heterocycles. The van der Waals surface area contributed by atoms with Gasteiger partial charge in [0.25, 0.3) is 5.56 Å². The van der Waals surface area contributed by atoms with Gasteiger partial charge >= 0.3 is 6.18 Å². The highest BCUT2D eigenvalue weighted by atomic mass is 32.2. The van der Waals surface area contributed by atoms with E-state index in [1.165, 1.54) is 6.20 Å². The molecule has 2 aromatic heterocycles. The third-order valence-corrected chi connectivity index (χ3v) is 5.47. The van der Waals surface area contributed by atoms with Gasteiger partial charge in [-0.3, -0.25) is 14.3 Å². The van der Waals surface area contributed by atoms with Crippen molar-refractivity contribution < 1.29 is 13.2 Å². The minimum absolute atomic E-state index is 0.152. The SMILES string of the molecule is CC(C)(C)c1ccc(-c2nc3n(c(=O)c2C#N)CC(C(F)(F)F)CS3)cn1. The number of thioether (sulfide) groups is 1. The topological polar surface area (TPSA) is 71.6 Å². The molecular weight excluding hydrogens is 377 g/mol. The summed E-state index contributed by atoms with van der Waals surface area (Å²) in [5.74, 6) is -1.85. The average Bonchev–Trinajstić information content (AvgIpc) is 2.60. The molecule has 1 aliphatic rings. The van der Waals surface area contributed by atoms with Crippen molar-refractivity contribution in [2.24, 2.45) is 5.92 Å². The van der Waals surface area contributed by atoms with E-state index in [0.29, 0.717) is 5.56 Å². The largest absolute Gasteiger partial charge is 0.394 e. The predicted molar refractivity (Wildman–Crippen MR) is 95.4 cm³/mol. The molecular formula is C18H17F3N4OS. The zero-order valence-electron chi connectivity index (χ0n) is 15.0. The molecule has 0 bridgehead atoms. The number of hydrogen-bond donors (Lipinski definition) is 0. The first-order valence-corrected chi connectivity index (χ1v) is 9.22. The second-order valence-corrected chi connectivity index (χ2v) is 8.36. The third kappa shape index (κ3) is 3.72. The molecule has 0 saturated carbocycles. The van der Waals surface area contributed by atoms with Crippen LogP contribution in [0.15, 0.2) is 28.3 Å². The number of rotatable bonds is 1. The Morgan fingerprint density at radius 2 is 2.00 bits per heavy atom. The average molecular weight is 394 g/mol. The standard InChI is InChI=1S/C18H17F3N4OS/c1-17(2,3)13-5-4-10(7-23-13)14-12(6-22)15(26)25-8-11(18(19,20)21)9-27-16(25)24-14/h4-5,7,11H,8-9H2,1-3H3. The van der Waals surface area contributed by atoms with Gasteiger partial charge in [0.1, 0.15) is 11.6 Å². The molecule has 3 rings (SSSR count). The Hall–Kier alpha value is -2.34. The smallest absolute Gasteiger partial charge is 0.286 e. The number of halogens is 3. The second-order valence-electron chi connectivity index (χ2n) is 7.38. The molecule has 0 aromatic carbocycles. The van der Waals surface area contributed by atoms with Crippen molar-refractivity contribution in [3.05, 3.63) is 39.9 Å². The van der Waals surface area contributed by atoms with Crippen LogP contribution in [0.3, 0.4) is 0 Å². The minimum atomic E-state index is -4.40. The molecule has 1 aliphatic heterocycles. The molecule has 27 heavy (non-hydrogen) atoms. The van der Waals surface area contributed by atoms with Crippen LogP contribution in [0, 0.1) is 17.2 Å². The van der Waals surface area contributed by atoms with Gasteiger partial charge in [-0.15, -0.1) is 0 Å². The van der Waals surface area contributed by atoms with Crippen LogP contribution in [0.25, 0.3) is 11.3 Å². The molecule has 0 aliphatic carbocycles. The summed E-state index contributed by atoms with van der Waals surface area (Å²) in [6.07, 6.45) is -2.87. The van der Waals surface area contributed by atoms with E-state index in [1.807, 2.05) is 20.8 Å². The molecule has 142 valence electrons. The Morgan fingerprint density at radius 3 is 2.52 bits per heavy atom. The van der Waals surface area contributed by atoms with Crippen LogP contribution in [0.5, 0.6) is 0 Å². The molecule has 0 radical (unpaired) electrons. The van der Waals surface area contributed by atoms with E-state index in [1.54, 1.807) is 18.2 Å². The van der Waals surface area contributed by atoms with Crippen molar-refractivity contribution in [1.82, 2.24) is 14.5 Å². The Kier molecular flexibility index (Phi) is 4.80. The normalized spacial score (nSPS) is 17.3. The van der Waals surface area contributed by atoms with Gasteiger partial charge in [0.05, 0.1) is 11.6 Å². The summed E-state index contributed by atoms with van der Waals surface area (Å²) in [4.78, 5) is 21.3. The number of nitrogens with zero attached hydrogens (tertiary/aromatic N) is 4. The summed E-state index contributed by atoms with van der Waals surface area (Å²) in [6.45, 7) is 5.50. The molecule has 0 fully saturated rings. The van der Waals surface area contributed by atoms with Crippen molar-refractivity contribution in [3.63, 3.8) is 0 Å². The first-order valence-electron chi connectivity index (χ1n) is 8.23. The van der Waals surface area contributed by atoms with E-state index in [0.717, 1.165) is 22.0 Å². The molecule has 0 N–H and O–H groups in total. The maximum atomic E-state index is 13.0. The van der Waals surface area contributed by atoms with Gasteiger partial charge < -0.3 is 0 Å². The lowest BCUT2D eigenvalue weighted by Gasteiger charge is -2.27. The summed E-state index contributed by atoms with van der Waals surface area (Å²) in [5, 5.41) is 9.61. The highest BCUT2D eigenvalue weighted by molar-refractivity contribution is 7.99. The summed E-state index contributed by atoms with van der Waals surface area (Å²) in [6, 6.07) is 5.31. The second kappa shape index (κ2) is 6.68. The molecule has 5 nitrogen and oxygen atoms in total. The van der Waals surface area contributed by atoms with E-state index in [9.17, 15) is 23.2 Å². The van der Waals surface area contributed by atoms with Crippen LogP contribution in [-0.4, -0.2) is 26.5 Å². The Morgan fingerprint density at radius 1 is 1.30 bits per heavy atom. The van der Waals surface area contributed by atoms with Crippen LogP contribution < -0.4 is 5.56 Å². The lowest BCUT2D eigenvalue weighted by Crippen LogP contribution is -2.38. The van der Waals surface area contributed by atoms with E-state index in [2.05, 4.69) is 9.97 Å². The van der Waals surface area contributed by atoms with Crippen LogP contribution in [0.1, 0.15) is 32.0 Å². The van der Waals surface area contributed by atoms with E-state index in [4.69, 9.17) is 0 Å². The molecule has 0 amide bonds. The third-order valence-electron chi connectivity index (χ3n) is 4.33. The number of aromatic nitrogens is 3. The number of alkyl halides is 3. The van der Waals surface area contributed by atoms with Gasteiger partial charge in [-0.25, -0.2) is 4.98 Å². The number of fused-ring (bicyclic) bond motifs is 1. The Labute approximate surface area is 158 Å². The highest BCUT2D eigenvalue weighted by Gasteiger charge is 2.42. The van der Waals surface area contributed by atoms with Gasteiger partial charge in [0.15, 0.2) is 5.16 Å². The predicted octanol–water partition coefficient (Wildman–Crippen LogP) is 3.76. The first-order chi connectivity index (χ1) is 12.5. The summed E-state index contributed by atoms with van der Waals surface area (Å²) < 4.78 is 40.0. The maximum Gasteiger partial charge on any atom is 0.394 e. The molecule has 9 heteroatoms. The van der Waals surface area contributed by atoms with Crippen LogP contribution in [0.2, 0.25) is 0 Å². The summed E-state index contributed by atoms with van der Waals surface area (Å²) in [5.41, 5.74) is 0.286. The summed E-state index contributed by atoms with van der Waals surface area (Å²) in [7, 11) is 0. The van der Waals surface area contributed by atoms with Crippen LogP contribution in [-0.2, 0) is 12.0 Å². The monoisotopic (exact) mass is 394 g/mol. The maximum absolute atomic E-state index is 13.0. The minimum Gasteiger partial charge on any atom is -0.286 e. The van der Waals surface area contributed by atoms with Gasteiger partial charge in [-0.2, -0.15) is 18.4 Å². The van der Waals surface area contributed by atoms with Gasteiger partial charge in [-0.1, -0.05) is 32.5 Å². The van der Waals surface area contributed by atoms with Gasteiger partial charge in [-0.05, 0) is 12.1 Å². The van der Waals surface area contributed by atoms with Crippen molar-refractivity contribution in [3.8, 4) is 17.3 Å². The molecule has 0 spiro atoms. The zero-order chi connectivity index (χ0) is 20.0. The number of hydrogen-bond acceptors (Lipinski definition) is 5. The van der Waals surface area contributed by atoms with Crippen molar-refractivity contribution in [1.29, 1.82) is 5.26 Å². The van der Waals surface area contributed by atoms with Crippen molar-refractivity contribution in [2.75, 3.05) is 5.75 Å². The fraction of sp³-hybridized carbons (Fsp3) is 0.444. The lowest BCUT2D eigenvalue weighted by atomic mass is 9.91. The Balaban J connectivity index is 2.08. The highest BCUT2D eigenvalue weighted by Crippen LogP contribution is 2.36. The lowest BCUT2D eigenvalue weighted by molar-refractivity contribution is -0.172. The quantitative estimate of drug-likeness (QED) is 0.689. The van der Waals surface area contributed by atoms with Gasteiger partial charge in [0, 0.05) is 35.2 Å². The molecule has 3 heterocycles. The summed E-state index contributed by atoms with van der Waals surface area (Å²) >= 11 is 0.875. The molecule has 2 aromatic rings.